The van der Waals surface area contributed by atoms with Gasteiger partial charge >= 0.3 is 0 Å². The van der Waals surface area contributed by atoms with Crippen LogP contribution in [0, 0.1) is 6.92 Å². The average Bonchev–Trinajstić information content (AvgIpc) is 3.15. The van der Waals surface area contributed by atoms with Gasteiger partial charge in [-0.05, 0) is 48.1 Å². The molecular weight excluding hydrogens is 318 g/mol. The van der Waals surface area contributed by atoms with E-state index in [2.05, 4.69) is 23.3 Å². The summed E-state index contributed by atoms with van der Waals surface area (Å²) < 4.78 is 1.74. The van der Waals surface area contributed by atoms with Gasteiger partial charge in [0.05, 0.1) is 23.7 Å². The molecule has 0 unspecified atom stereocenters. The Morgan fingerprint density at radius 2 is 2.05 bits per heavy atom. The van der Waals surface area contributed by atoms with Crippen molar-refractivity contribution in [3.05, 3.63) is 58.1 Å². The Kier molecular flexibility index (Phi) is 4.57. The minimum atomic E-state index is -0.136. The largest absolute Gasteiger partial charge is 0.394 e. The summed E-state index contributed by atoms with van der Waals surface area (Å²) in [5, 5.41) is 20.8. The van der Waals surface area contributed by atoms with Gasteiger partial charge in [0.2, 0.25) is 0 Å². The minimum absolute atomic E-state index is 0.00878. The van der Waals surface area contributed by atoms with E-state index < -0.39 is 0 Å². The SMILES string of the molecule is Cc1ccsc1-c1cn([C@@H](CO)Cc2ccc(Cl)cc2)nn1. The molecule has 0 amide bonds. The summed E-state index contributed by atoms with van der Waals surface area (Å²) in [5.74, 6) is 0. The highest BCUT2D eigenvalue weighted by molar-refractivity contribution is 7.13. The van der Waals surface area contributed by atoms with Gasteiger partial charge in [-0.25, -0.2) is 4.68 Å². The van der Waals surface area contributed by atoms with Gasteiger partial charge in [0, 0.05) is 5.02 Å². The van der Waals surface area contributed by atoms with E-state index in [4.69, 9.17) is 11.6 Å². The van der Waals surface area contributed by atoms with Gasteiger partial charge in [-0.1, -0.05) is 28.9 Å². The summed E-state index contributed by atoms with van der Waals surface area (Å²) in [6, 6.07) is 9.57. The molecular formula is C16H16ClN3OS. The maximum absolute atomic E-state index is 9.68. The number of aliphatic hydroxyl groups excluding tert-OH is 1. The molecule has 0 aliphatic rings. The number of hydrogen-bond donors (Lipinski definition) is 1. The lowest BCUT2D eigenvalue weighted by molar-refractivity contribution is 0.216. The van der Waals surface area contributed by atoms with Gasteiger partial charge in [-0.3, -0.25) is 0 Å². The highest BCUT2D eigenvalue weighted by Crippen LogP contribution is 2.27. The first-order valence-electron chi connectivity index (χ1n) is 6.99. The predicted molar refractivity (Wildman–Crippen MR) is 89.4 cm³/mol. The van der Waals surface area contributed by atoms with Crippen molar-refractivity contribution >= 4 is 22.9 Å². The normalized spacial score (nSPS) is 12.5. The molecule has 0 aliphatic carbocycles. The zero-order chi connectivity index (χ0) is 15.5. The number of benzene rings is 1. The number of hydrogen-bond acceptors (Lipinski definition) is 4. The van der Waals surface area contributed by atoms with Crippen LogP contribution in [0.25, 0.3) is 10.6 Å². The fourth-order valence-corrected chi connectivity index (χ4v) is 3.33. The van der Waals surface area contributed by atoms with Crippen molar-refractivity contribution in [3.63, 3.8) is 0 Å². The lowest BCUT2D eigenvalue weighted by Crippen LogP contribution is -2.16. The Bertz CT molecular complexity index is 751. The molecule has 0 fully saturated rings. The van der Waals surface area contributed by atoms with Gasteiger partial charge < -0.3 is 5.11 Å². The fraction of sp³-hybridized carbons (Fsp3) is 0.250. The van der Waals surface area contributed by atoms with Crippen LogP contribution in [-0.2, 0) is 6.42 Å². The highest BCUT2D eigenvalue weighted by atomic mass is 35.5. The Balaban J connectivity index is 1.81. The molecule has 0 saturated heterocycles. The lowest BCUT2D eigenvalue weighted by Gasteiger charge is -2.14. The van der Waals surface area contributed by atoms with Crippen LogP contribution >= 0.6 is 22.9 Å². The van der Waals surface area contributed by atoms with E-state index >= 15 is 0 Å². The molecule has 0 spiro atoms. The quantitative estimate of drug-likeness (QED) is 0.773. The molecule has 2 heterocycles. The number of aryl methyl sites for hydroxylation is 1. The van der Waals surface area contributed by atoms with Crippen LogP contribution in [0.4, 0.5) is 0 Å². The number of aromatic nitrogens is 3. The second-order valence-electron chi connectivity index (χ2n) is 5.18. The van der Waals surface area contributed by atoms with Crippen molar-refractivity contribution in [2.45, 2.75) is 19.4 Å². The van der Waals surface area contributed by atoms with Crippen molar-refractivity contribution in [1.29, 1.82) is 0 Å². The van der Waals surface area contributed by atoms with Crippen LogP contribution in [0.1, 0.15) is 17.2 Å². The smallest absolute Gasteiger partial charge is 0.123 e. The van der Waals surface area contributed by atoms with E-state index in [1.54, 1.807) is 16.0 Å². The molecule has 2 aromatic heterocycles. The van der Waals surface area contributed by atoms with Gasteiger partial charge in [-0.15, -0.1) is 16.4 Å². The maximum atomic E-state index is 9.68. The Hall–Kier alpha value is -1.69. The average molecular weight is 334 g/mol. The van der Waals surface area contributed by atoms with Crippen molar-refractivity contribution in [3.8, 4) is 10.6 Å². The zero-order valence-electron chi connectivity index (χ0n) is 12.1. The minimum Gasteiger partial charge on any atom is -0.394 e. The number of halogens is 1. The van der Waals surface area contributed by atoms with Crippen LogP contribution in [-0.4, -0.2) is 26.7 Å². The van der Waals surface area contributed by atoms with Crippen molar-refractivity contribution in [1.82, 2.24) is 15.0 Å². The van der Waals surface area contributed by atoms with Crippen LogP contribution in [0.2, 0.25) is 5.02 Å². The van der Waals surface area contributed by atoms with E-state index in [-0.39, 0.29) is 12.6 Å². The number of nitrogens with zero attached hydrogens (tertiary/aromatic N) is 3. The third kappa shape index (κ3) is 3.21. The van der Waals surface area contributed by atoms with Gasteiger partial charge in [0.1, 0.15) is 5.69 Å². The molecule has 0 bridgehead atoms. The van der Waals surface area contributed by atoms with Crippen molar-refractivity contribution in [2.24, 2.45) is 0 Å². The van der Waals surface area contributed by atoms with E-state index in [0.717, 1.165) is 16.1 Å². The highest BCUT2D eigenvalue weighted by Gasteiger charge is 2.15. The van der Waals surface area contributed by atoms with Gasteiger partial charge in [0.25, 0.3) is 0 Å². The van der Waals surface area contributed by atoms with E-state index in [1.807, 2.05) is 35.8 Å². The second-order valence-corrected chi connectivity index (χ2v) is 6.54. The summed E-state index contributed by atoms with van der Waals surface area (Å²) >= 11 is 7.55. The van der Waals surface area contributed by atoms with E-state index in [0.29, 0.717) is 11.4 Å². The predicted octanol–water partition coefficient (Wildman–Crippen LogP) is 3.74. The van der Waals surface area contributed by atoms with Crippen LogP contribution in [0.15, 0.2) is 41.9 Å². The van der Waals surface area contributed by atoms with E-state index in [1.165, 1.54) is 5.56 Å². The second kappa shape index (κ2) is 6.60. The summed E-state index contributed by atoms with van der Waals surface area (Å²) in [6.45, 7) is 2.07. The topological polar surface area (TPSA) is 50.9 Å². The van der Waals surface area contributed by atoms with Crippen LogP contribution in [0.5, 0.6) is 0 Å². The Morgan fingerprint density at radius 3 is 2.68 bits per heavy atom. The molecule has 1 N–H and O–H groups in total. The molecule has 1 aromatic carbocycles. The number of thiophene rings is 1. The molecule has 0 aliphatic heterocycles. The molecule has 4 nitrogen and oxygen atoms in total. The van der Waals surface area contributed by atoms with Crippen molar-refractivity contribution in [2.75, 3.05) is 6.61 Å². The van der Waals surface area contributed by atoms with Crippen molar-refractivity contribution < 1.29 is 5.11 Å². The lowest BCUT2D eigenvalue weighted by atomic mass is 10.1. The first kappa shape index (κ1) is 15.2. The molecule has 3 rings (SSSR count). The van der Waals surface area contributed by atoms with Gasteiger partial charge in [-0.2, -0.15) is 0 Å². The van der Waals surface area contributed by atoms with E-state index in [9.17, 15) is 5.11 Å². The Morgan fingerprint density at radius 1 is 1.27 bits per heavy atom. The number of aliphatic hydroxyl groups is 1. The van der Waals surface area contributed by atoms with Gasteiger partial charge in [0.15, 0.2) is 0 Å². The maximum Gasteiger partial charge on any atom is 0.123 e. The summed E-state index contributed by atoms with van der Waals surface area (Å²) in [4.78, 5) is 1.12. The fourth-order valence-electron chi connectivity index (χ4n) is 2.33. The van der Waals surface area contributed by atoms with Crippen LogP contribution in [0.3, 0.4) is 0 Å². The summed E-state index contributed by atoms with van der Waals surface area (Å²) in [6.07, 6.45) is 2.58. The standard InChI is InChI=1S/C16H16ClN3OS/c1-11-6-7-22-16(11)15-9-20(19-18-15)14(10-21)8-12-2-4-13(17)5-3-12/h2-7,9,14,21H,8,10H2,1H3/t14-/m1/s1. The summed E-state index contributed by atoms with van der Waals surface area (Å²) in [5.41, 5.74) is 3.14. The third-order valence-corrected chi connectivity index (χ3v) is 4.87. The molecule has 22 heavy (non-hydrogen) atoms. The summed E-state index contributed by atoms with van der Waals surface area (Å²) in [7, 11) is 0. The first-order valence-corrected chi connectivity index (χ1v) is 8.24. The Labute approximate surface area is 138 Å². The molecule has 0 radical (unpaired) electrons. The molecule has 1 atom stereocenters. The molecule has 6 heteroatoms. The first-order chi connectivity index (χ1) is 10.7. The third-order valence-electron chi connectivity index (χ3n) is 3.57. The van der Waals surface area contributed by atoms with Crippen LogP contribution < -0.4 is 0 Å². The molecule has 3 aromatic rings. The number of rotatable bonds is 5. The zero-order valence-corrected chi connectivity index (χ0v) is 13.7. The molecule has 0 saturated carbocycles. The monoisotopic (exact) mass is 333 g/mol. The molecule has 114 valence electrons.